The largest absolute Gasteiger partial charge is 0.411 e. The standard InChI is InChI=1S/C10H16F3NO2/c11-10(12,13)8-16-6-2-5-14-4-1-3-9(15)7-14/h1-8H2. The fraction of sp³-hybridized carbons (Fsp3) is 0.900. The number of carbonyl (C=O) groups is 1. The van der Waals surface area contributed by atoms with Crippen LogP contribution in [0.25, 0.3) is 0 Å². The molecule has 1 rings (SSSR count). The van der Waals surface area contributed by atoms with E-state index in [1.54, 1.807) is 0 Å². The molecule has 94 valence electrons. The summed E-state index contributed by atoms with van der Waals surface area (Å²) in [6.07, 6.45) is -2.24. The SMILES string of the molecule is O=C1CCCN(CCCOCC(F)(F)F)C1. The van der Waals surface area contributed by atoms with Crippen LogP contribution in [0, 0.1) is 0 Å². The number of hydrogen-bond acceptors (Lipinski definition) is 3. The van der Waals surface area contributed by atoms with Crippen molar-refractivity contribution in [3.8, 4) is 0 Å². The molecule has 3 nitrogen and oxygen atoms in total. The fourth-order valence-corrected chi connectivity index (χ4v) is 1.68. The number of ether oxygens (including phenoxy) is 1. The van der Waals surface area contributed by atoms with Gasteiger partial charge in [-0.3, -0.25) is 9.69 Å². The van der Waals surface area contributed by atoms with E-state index >= 15 is 0 Å². The summed E-state index contributed by atoms with van der Waals surface area (Å²) < 4.78 is 39.6. The normalized spacial score (nSPS) is 19.1. The molecule has 0 unspecified atom stereocenters. The summed E-state index contributed by atoms with van der Waals surface area (Å²) in [5, 5.41) is 0. The highest BCUT2D eigenvalue weighted by molar-refractivity contribution is 5.81. The van der Waals surface area contributed by atoms with E-state index < -0.39 is 12.8 Å². The molecule has 1 heterocycles. The first-order valence-electron chi connectivity index (χ1n) is 5.36. The van der Waals surface area contributed by atoms with Crippen LogP contribution in [0.3, 0.4) is 0 Å². The van der Waals surface area contributed by atoms with Gasteiger partial charge in [0.1, 0.15) is 12.4 Å². The molecule has 1 fully saturated rings. The van der Waals surface area contributed by atoms with Crippen molar-refractivity contribution >= 4 is 5.78 Å². The summed E-state index contributed by atoms with van der Waals surface area (Å²) in [5.74, 6) is 0.211. The number of carbonyl (C=O) groups excluding carboxylic acids is 1. The van der Waals surface area contributed by atoms with Crippen molar-refractivity contribution in [3.05, 3.63) is 0 Å². The summed E-state index contributed by atoms with van der Waals surface area (Å²) in [6, 6.07) is 0. The average Bonchev–Trinajstić information content (AvgIpc) is 2.15. The zero-order chi connectivity index (χ0) is 12.0. The van der Waals surface area contributed by atoms with Crippen LogP contribution in [0.5, 0.6) is 0 Å². The van der Waals surface area contributed by atoms with Gasteiger partial charge in [0, 0.05) is 19.6 Å². The summed E-state index contributed by atoms with van der Waals surface area (Å²) in [4.78, 5) is 13.0. The second-order valence-corrected chi connectivity index (χ2v) is 3.94. The number of ketones is 1. The molecule has 0 spiro atoms. The first kappa shape index (κ1) is 13.4. The number of likely N-dealkylation sites (tertiary alicyclic amines) is 1. The third-order valence-electron chi connectivity index (χ3n) is 2.36. The molecule has 0 aromatic heterocycles. The Kier molecular flexibility index (Phi) is 5.21. The summed E-state index contributed by atoms with van der Waals surface area (Å²) in [5.41, 5.74) is 0. The van der Waals surface area contributed by atoms with E-state index in [9.17, 15) is 18.0 Å². The molecule has 0 aromatic rings. The number of rotatable bonds is 5. The van der Waals surface area contributed by atoms with E-state index in [1.807, 2.05) is 4.90 Å². The van der Waals surface area contributed by atoms with Crippen molar-refractivity contribution in [3.63, 3.8) is 0 Å². The van der Waals surface area contributed by atoms with Gasteiger partial charge in [0.05, 0.1) is 6.54 Å². The van der Waals surface area contributed by atoms with Crippen LogP contribution in [0.4, 0.5) is 13.2 Å². The van der Waals surface area contributed by atoms with Gasteiger partial charge >= 0.3 is 6.18 Å². The molecule has 0 amide bonds. The Morgan fingerprint density at radius 2 is 2.12 bits per heavy atom. The van der Waals surface area contributed by atoms with Crippen molar-refractivity contribution < 1.29 is 22.7 Å². The molecule has 0 aromatic carbocycles. The van der Waals surface area contributed by atoms with E-state index in [2.05, 4.69) is 4.74 Å². The first-order valence-corrected chi connectivity index (χ1v) is 5.36. The van der Waals surface area contributed by atoms with Crippen LogP contribution in [0.1, 0.15) is 19.3 Å². The number of piperidine rings is 1. The summed E-state index contributed by atoms with van der Waals surface area (Å²) >= 11 is 0. The van der Waals surface area contributed by atoms with E-state index in [0.717, 1.165) is 13.0 Å². The molecule has 1 saturated heterocycles. The van der Waals surface area contributed by atoms with Crippen molar-refractivity contribution in [1.82, 2.24) is 4.90 Å². The molecular weight excluding hydrogens is 223 g/mol. The number of hydrogen-bond donors (Lipinski definition) is 0. The number of nitrogens with zero attached hydrogens (tertiary/aromatic N) is 1. The predicted octanol–water partition coefficient (Wildman–Crippen LogP) is 1.62. The van der Waals surface area contributed by atoms with Crippen LogP contribution in [-0.4, -0.2) is 49.7 Å². The van der Waals surface area contributed by atoms with Crippen molar-refractivity contribution in [1.29, 1.82) is 0 Å². The zero-order valence-corrected chi connectivity index (χ0v) is 9.05. The Morgan fingerprint density at radius 1 is 1.38 bits per heavy atom. The Balaban J connectivity index is 2.00. The second-order valence-electron chi connectivity index (χ2n) is 3.94. The van der Waals surface area contributed by atoms with E-state index in [-0.39, 0.29) is 12.4 Å². The van der Waals surface area contributed by atoms with Gasteiger partial charge in [-0.25, -0.2) is 0 Å². The van der Waals surface area contributed by atoms with Gasteiger partial charge in [-0.1, -0.05) is 0 Å². The molecule has 0 N–H and O–H groups in total. The van der Waals surface area contributed by atoms with Gasteiger partial charge in [0.15, 0.2) is 0 Å². The maximum Gasteiger partial charge on any atom is 0.411 e. The minimum atomic E-state index is -4.25. The number of halogens is 3. The molecule has 0 saturated carbocycles. The van der Waals surface area contributed by atoms with Crippen molar-refractivity contribution in [2.45, 2.75) is 25.4 Å². The molecule has 0 aliphatic carbocycles. The molecule has 1 aliphatic heterocycles. The maximum absolute atomic E-state index is 11.7. The third-order valence-corrected chi connectivity index (χ3v) is 2.36. The lowest BCUT2D eigenvalue weighted by molar-refractivity contribution is -0.174. The van der Waals surface area contributed by atoms with E-state index in [1.165, 1.54) is 0 Å². The fourth-order valence-electron chi connectivity index (χ4n) is 1.68. The summed E-state index contributed by atoms with van der Waals surface area (Å²) in [6.45, 7) is 0.810. The van der Waals surface area contributed by atoms with Gasteiger partial charge in [-0.05, 0) is 19.4 Å². The van der Waals surface area contributed by atoms with Crippen LogP contribution in [0.15, 0.2) is 0 Å². The second kappa shape index (κ2) is 6.20. The van der Waals surface area contributed by atoms with Crippen molar-refractivity contribution in [2.24, 2.45) is 0 Å². The minimum Gasteiger partial charge on any atom is -0.372 e. The molecular formula is C10H16F3NO2. The molecule has 6 heteroatoms. The van der Waals surface area contributed by atoms with Gasteiger partial charge in [0.2, 0.25) is 0 Å². The summed E-state index contributed by atoms with van der Waals surface area (Å²) in [7, 11) is 0. The van der Waals surface area contributed by atoms with E-state index in [4.69, 9.17) is 0 Å². The highest BCUT2D eigenvalue weighted by atomic mass is 19.4. The lowest BCUT2D eigenvalue weighted by atomic mass is 10.1. The quantitative estimate of drug-likeness (QED) is 0.683. The highest BCUT2D eigenvalue weighted by Gasteiger charge is 2.27. The van der Waals surface area contributed by atoms with E-state index in [0.29, 0.717) is 25.9 Å². The Hall–Kier alpha value is -0.620. The topological polar surface area (TPSA) is 29.5 Å². The Bertz CT molecular complexity index is 231. The average molecular weight is 239 g/mol. The lowest BCUT2D eigenvalue weighted by Gasteiger charge is -2.25. The van der Waals surface area contributed by atoms with Crippen LogP contribution in [-0.2, 0) is 9.53 Å². The maximum atomic E-state index is 11.7. The van der Waals surface area contributed by atoms with Gasteiger partial charge < -0.3 is 4.74 Å². The van der Waals surface area contributed by atoms with Crippen LogP contribution in [0.2, 0.25) is 0 Å². The monoisotopic (exact) mass is 239 g/mol. The Morgan fingerprint density at radius 3 is 2.75 bits per heavy atom. The minimum absolute atomic E-state index is 0.0875. The smallest absolute Gasteiger partial charge is 0.372 e. The van der Waals surface area contributed by atoms with Gasteiger partial charge in [-0.2, -0.15) is 13.2 Å². The molecule has 0 radical (unpaired) electrons. The van der Waals surface area contributed by atoms with Gasteiger partial charge in [-0.15, -0.1) is 0 Å². The predicted molar refractivity (Wildman–Crippen MR) is 52.2 cm³/mol. The Labute approximate surface area is 92.5 Å². The molecule has 0 bridgehead atoms. The van der Waals surface area contributed by atoms with Crippen LogP contribution >= 0.6 is 0 Å². The number of Topliss-reactive ketones (excluding diaryl/α,β-unsaturated/α-hetero) is 1. The van der Waals surface area contributed by atoms with Crippen molar-refractivity contribution in [2.75, 3.05) is 32.8 Å². The highest BCUT2D eigenvalue weighted by Crippen LogP contribution is 2.14. The van der Waals surface area contributed by atoms with Crippen LogP contribution < -0.4 is 0 Å². The lowest BCUT2D eigenvalue weighted by Crippen LogP contribution is -2.36. The zero-order valence-electron chi connectivity index (χ0n) is 9.05. The first-order chi connectivity index (χ1) is 7.47. The third kappa shape index (κ3) is 6.07. The molecule has 0 atom stereocenters. The molecule has 16 heavy (non-hydrogen) atoms. The number of alkyl halides is 3. The molecule has 1 aliphatic rings. The van der Waals surface area contributed by atoms with Gasteiger partial charge in [0.25, 0.3) is 0 Å².